The van der Waals surface area contributed by atoms with Gasteiger partial charge in [0.15, 0.2) is 23.9 Å². The minimum Gasteiger partial charge on any atom is -0.508 e. The van der Waals surface area contributed by atoms with Gasteiger partial charge in [-0.3, -0.25) is 0 Å². The van der Waals surface area contributed by atoms with Gasteiger partial charge in [0.2, 0.25) is 6.29 Å². The molecule has 0 unspecified atom stereocenters. The van der Waals surface area contributed by atoms with Gasteiger partial charge in [0.1, 0.15) is 65.7 Å². The summed E-state index contributed by atoms with van der Waals surface area (Å²) in [5, 5.41) is 92.6. The predicted molar refractivity (Wildman–Crippen MR) is 142 cm³/mol. The van der Waals surface area contributed by atoms with Crippen LogP contribution in [0.4, 0.5) is 0 Å². The van der Waals surface area contributed by atoms with Crippen LogP contribution in [0, 0.1) is 0 Å². The van der Waals surface area contributed by atoms with E-state index in [4.69, 9.17) is 28.4 Å². The van der Waals surface area contributed by atoms with Crippen molar-refractivity contribution in [3.63, 3.8) is 0 Å². The second-order valence-corrected chi connectivity index (χ2v) is 10.5. The molecule has 2 fully saturated rings. The van der Waals surface area contributed by atoms with Crippen LogP contribution in [0.3, 0.4) is 0 Å². The van der Waals surface area contributed by atoms with Crippen molar-refractivity contribution in [1.29, 1.82) is 0 Å². The van der Waals surface area contributed by atoms with E-state index in [-0.39, 0.29) is 40.1 Å². The molecule has 3 aliphatic rings. The molecule has 15 heteroatoms. The maximum atomic E-state index is 10.7. The Morgan fingerprint density at radius 2 is 1.47 bits per heavy atom. The summed E-state index contributed by atoms with van der Waals surface area (Å²) in [6.07, 6.45) is -14.8. The summed E-state index contributed by atoms with van der Waals surface area (Å²) in [7, 11) is 1.35. The number of hydrogen-bond donors (Lipinski definition) is 9. The summed E-state index contributed by atoms with van der Waals surface area (Å²) in [5.74, 6) is -0.623. The summed E-state index contributed by atoms with van der Waals surface area (Å²) < 4.78 is 33.8. The number of phenols is 3. The quantitative estimate of drug-likeness (QED) is 0.182. The van der Waals surface area contributed by atoms with Crippen molar-refractivity contribution in [3.8, 4) is 28.7 Å². The molecule has 11 atom stereocenters. The number of fused-ring (bicyclic) bond motifs is 1. The Morgan fingerprint density at radius 3 is 2.19 bits per heavy atom. The molecule has 0 amide bonds. The van der Waals surface area contributed by atoms with Crippen LogP contribution in [0.15, 0.2) is 36.1 Å². The Bertz CT molecular complexity index is 1330. The molecule has 3 aliphatic heterocycles. The molecule has 0 bridgehead atoms. The summed E-state index contributed by atoms with van der Waals surface area (Å²) in [4.78, 5) is 0. The Kier molecular flexibility index (Phi) is 8.89. The van der Waals surface area contributed by atoms with Gasteiger partial charge in [-0.15, -0.1) is 0 Å². The SMILES string of the molecule is COc1cc([C@H]2Oc3cc(O)cc(O)c3C=C2O[C@@H]2O[C@H](CO[C@@H]3O[C@@H](C)[C@H](O)[C@@H](O)[C@H]3O)[C@@H](O)[C@H](O)[C@H]2O)ccc1O. The first-order chi connectivity index (χ1) is 20.4. The molecule has 2 aromatic carbocycles. The van der Waals surface area contributed by atoms with Crippen molar-refractivity contribution in [2.24, 2.45) is 0 Å². The van der Waals surface area contributed by atoms with Gasteiger partial charge in [0.25, 0.3) is 0 Å². The van der Waals surface area contributed by atoms with E-state index in [0.29, 0.717) is 5.56 Å². The third-order valence-corrected chi connectivity index (χ3v) is 7.56. The van der Waals surface area contributed by atoms with Crippen LogP contribution in [0.25, 0.3) is 6.08 Å². The minimum absolute atomic E-state index is 0.0366. The van der Waals surface area contributed by atoms with Gasteiger partial charge in [-0.05, 0) is 25.1 Å². The van der Waals surface area contributed by atoms with Gasteiger partial charge in [0.05, 0.1) is 25.4 Å². The molecular weight excluding hydrogens is 576 g/mol. The number of phenolic OH excluding ortho intramolecular Hbond substituents is 3. The summed E-state index contributed by atoms with van der Waals surface area (Å²) in [6, 6.07) is 6.66. The highest BCUT2D eigenvalue weighted by Crippen LogP contribution is 2.45. The Hall–Kier alpha value is -3.38. The maximum Gasteiger partial charge on any atom is 0.228 e. The normalized spacial score (nSPS) is 35.8. The molecule has 43 heavy (non-hydrogen) atoms. The van der Waals surface area contributed by atoms with Crippen molar-refractivity contribution in [1.82, 2.24) is 0 Å². The van der Waals surface area contributed by atoms with Crippen LogP contribution in [0.1, 0.15) is 24.2 Å². The Labute approximate surface area is 244 Å². The lowest BCUT2D eigenvalue weighted by atomic mass is 9.98. The maximum absolute atomic E-state index is 10.7. The molecule has 0 aliphatic carbocycles. The van der Waals surface area contributed by atoms with E-state index >= 15 is 0 Å². The lowest BCUT2D eigenvalue weighted by molar-refractivity contribution is -0.324. The van der Waals surface area contributed by atoms with Crippen molar-refractivity contribution in [2.75, 3.05) is 13.7 Å². The molecule has 0 saturated carbocycles. The molecule has 236 valence electrons. The third-order valence-electron chi connectivity index (χ3n) is 7.56. The van der Waals surface area contributed by atoms with E-state index in [1.807, 2.05) is 0 Å². The monoisotopic (exact) mass is 610 g/mol. The van der Waals surface area contributed by atoms with Crippen LogP contribution in [-0.2, 0) is 18.9 Å². The van der Waals surface area contributed by atoms with Crippen LogP contribution >= 0.6 is 0 Å². The molecule has 5 rings (SSSR count). The second kappa shape index (κ2) is 12.3. The molecule has 0 radical (unpaired) electrons. The topological polar surface area (TPSA) is 237 Å². The van der Waals surface area contributed by atoms with Crippen LogP contribution in [-0.4, -0.2) is 121 Å². The molecule has 15 nitrogen and oxygen atoms in total. The van der Waals surface area contributed by atoms with Crippen LogP contribution in [0.2, 0.25) is 0 Å². The van der Waals surface area contributed by atoms with Gasteiger partial charge < -0.3 is 74.4 Å². The van der Waals surface area contributed by atoms with Gasteiger partial charge >= 0.3 is 0 Å². The van der Waals surface area contributed by atoms with E-state index < -0.39 is 74.1 Å². The molecular formula is C28H34O15. The average molecular weight is 611 g/mol. The van der Waals surface area contributed by atoms with Gasteiger partial charge in [-0.1, -0.05) is 6.07 Å². The smallest absolute Gasteiger partial charge is 0.228 e. The zero-order valence-electron chi connectivity index (χ0n) is 23.0. The fourth-order valence-corrected chi connectivity index (χ4v) is 5.06. The number of aromatic hydroxyl groups is 3. The number of methoxy groups -OCH3 is 1. The van der Waals surface area contributed by atoms with Crippen molar-refractivity contribution >= 4 is 6.08 Å². The molecule has 9 N–H and O–H groups in total. The van der Waals surface area contributed by atoms with E-state index in [9.17, 15) is 46.0 Å². The van der Waals surface area contributed by atoms with Gasteiger partial charge in [0, 0.05) is 17.7 Å². The molecule has 2 aromatic rings. The highest BCUT2D eigenvalue weighted by atomic mass is 16.7. The van der Waals surface area contributed by atoms with Gasteiger partial charge in [-0.25, -0.2) is 0 Å². The third kappa shape index (κ3) is 6.04. The average Bonchev–Trinajstić information content (AvgIpc) is 2.98. The molecule has 2 saturated heterocycles. The highest BCUT2D eigenvalue weighted by molar-refractivity contribution is 5.69. The fourth-order valence-electron chi connectivity index (χ4n) is 5.06. The Morgan fingerprint density at radius 1 is 0.767 bits per heavy atom. The molecule has 3 heterocycles. The molecule has 0 spiro atoms. The number of benzene rings is 2. The summed E-state index contributed by atoms with van der Waals surface area (Å²) in [6.45, 7) is 0.961. The van der Waals surface area contributed by atoms with E-state index in [1.54, 1.807) is 0 Å². The van der Waals surface area contributed by atoms with Crippen molar-refractivity contribution in [3.05, 3.63) is 47.2 Å². The lowest BCUT2D eigenvalue weighted by Crippen LogP contribution is -2.61. The summed E-state index contributed by atoms with van der Waals surface area (Å²) in [5.41, 5.74) is 0.511. The predicted octanol–water partition coefficient (Wildman–Crippen LogP) is -1.05. The minimum atomic E-state index is -1.79. The summed E-state index contributed by atoms with van der Waals surface area (Å²) >= 11 is 0. The number of ether oxygens (including phenoxy) is 6. The number of aliphatic hydroxyl groups is 6. The largest absolute Gasteiger partial charge is 0.508 e. The Balaban J connectivity index is 1.40. The van der Waals surface area contributed by atoms with Crippen molar-refractivity contribution < 1.29 is 74.4 Å². The first kappa shape index (κ1) is 31.1. The number of rotatable bonds is 7. The fraction of sp³-hybridized carbons (Fsp3) is 0.500. The van der Waals surface area contributed by atoms with E-state index in [1.165, 1.54) is 44.4 Å². The first-order valence-electron chi connectivity index (χ1n) is 13.4. The highest BCUT2D eigenvalue weighted by Gasteiger charge is 2.48. The number of hydrogen-bond acceptors (Lipinski definition) is 15. The first-order valence-corrected chi connectivity index (χ1v) is 13.4. The second-order valence-electron chi connectivity index (χ2n) is 10.5. The van der Waals surface area contributed by atoms with Crippen LogP contribution in [0.5, 0.6) is 28.7 Å². The standard InChI is InChI=1S/C28H34O15/c1-10-20(32)22(34)24(36)27(40-10)39-9-19-21(33)23(35)25(37)28(43-19)42-18-8-13-15(31)6-12(29)7-16(13)41-26(18)11-3-4-14(30)17(5-11)38-2/h3-8,10,19-37H,9H2,1-2H3/t10-,19+,20-,21+,22+,23-,24+,25+,26+,27+,28+/m0/s1. The van der Waals surface area contributed by atoms with Gasteiger partial charge in [-0.2, -0.15) is 0 Å². The molecule has 0 aromatic heterocycles. The number of aliphatic hydroxyl groups excluding tert-OH is 6. The van der Waals surface area contributed by atoms with Crippen molar-refractivity contribution in [2.45, 2.75) is 74.4 Å². The van der Waals surface area contributed by atoms with E-state index in [2.05, 4.69) is 0 Å². The van der Waals surface area contributed by atoms with Crippen LogP contribution < -0.4 is 9.47 Å². The zero-order chi connectivity index (χ0) is 31.2. The lowest BCUT2D eigenvalue weighted by Gasteiger charge is -2.43. The zero-order valence-corrected chi connectivity index (χ0v) is 23.0. The van der Waals surface area contributed by atoms with E-state index in [0.717, 1.165) is 6.07 Å².